The van der Waals surface area contributed by atoms with E-state index < -0.39 is 5.41 Å². The number of terminal acetylenes is 1. The Morgan fingerprint density at radius 1 is 1.38 bits per heavy atom. The summed E-state index contributed by atoms with van der Waals surface area (Å²) in [5, 5.41) is 0. The maximum atomic E-state index is 13.4. The van der Waals surface area contributed by atoms with Crippen LogP contribution in [0.2, 0.25) is 0 Å². The van der Waals surface area contributed by atoms with E-state index in [1.165, 1.54) is 6.07 Å². The van der Waals surface area contributed by atoms with E-state index in [2.05, 4.69) is 5.92 Å². The first kappa shape index (κ1) is 9.80. The summed E-state index contributed by atoms with van der Waals surface area (Å²) in [6, 6.07) is 5.14. The van der Waals surface area contributed by atoms with Gasteiger partial charge in [-0.1, -0.05) is 18.1 Å². The SMILES string of the molecule is C#CC(C)(C)c1ccc(C)cc1F. The van der Waals surface area contributed by atoms with Gasteiger partial charge in [0.15, 0.2) is 0 Å². The van der Waals surface area contributed by atoms with E-state index in [9.17, 15) is 4.39 Å². The molecule has 1 aromatic carbocycles. The number of benzene rings is 1. The molecule has 68 valence electrons. The van der Waals surface area contributed by atoms with Crippen molar-refractivity contribution in [3.8, 4) is 12.3 Å². The molecule has 0 aliphatic rings. The van der Waals surface area contributed by atoms with Crippen molar-refractivity contribution in [2.75, 3.05) is 0 Å². The van der Waals surface area contributed by atoms with E-state index in [4.69, 9.17) is 6.42 Å². The van der Waals surface area contributed by atoms with Crippen LogP contribution >= 0.6 is 0 Å². The smallest absolute Gasteiger partial charge is 0.128 e. The standard InChI is InChI=1S/C12H13F/c1-5-12(3,4)10-7-6-9(2)8-11(10)13/h1,6-8H,2-4H3. The minimum atomic E-state index is -0.530. The molecule has 13 heavy (non-hydrogen) atoms. The van der Waals surface area contributed by atoms with Crippen LogP contribution in [0.4, 0.5) is 4.39 Å². The van der Waals surface area contributed by atoms with Gasteiger partial charge in [0.25, 0.3) is 0 Å². The quantitative estimate of drug-likeness (QED) is 0.577. The summed E-state index contributed by atoms with van der Waals surface area (Å²) in [7, 11) is 0. The molecule has 0 nitrogen and oxygen atoms in total. The van der Waals surface area contributed by atoms with E-state index in [0.29, 0.717) is 5.56 Å². The molecule has 0 bridgehead atoms. The lowest BCUT2D eigenvalue weighted by Gasteiger charge is -2.18. The second-order valence-corrected chi connectivity index (χ2v) is 3.75. The Bertz CT molecular complexity index is 356. The topological polar surface area (TPSA) is 0 Å². The van der Waals surface area contributed by atoms with Crippen LogP contribution in [0.1, 0.15) is 25.0 Å². The number of rotatable bonds is 1. The number of hydrogen-bond donors (Lipinski definition) is 0. The van der Waals surface area contributed by atoms with Crippen LogP contribution in [0, 0.1) is 25.1 Å². The lowest BCUT2D eigenvalue weighted by atomic mass is 9.85. The van der Waals surface area contributed by atoms with Gasteiger partial charge in [0.2, 0.25) is 0 Å². The maximum Gasteiger partial charge on any atom is 0.128 e. The molecule has 0 saturated carbocycles. The summed E-state index contributed by atoms with van der Waals surface area (Å²) in [5.74, 6) is 2.36. The van der Waals surface area contributed by atoms with Gasteiger partial charge in [-0.25, -0.2) is 4.39 Å². The van der Waals surface area contributed by atoms with E-state index in [1.807, 2.05) is 26.8 Å². The van der Waals surface area contributed by atoms with Crippen molar-refractivity contribution in [1.82, 2.24) is 0 Å². The van der Waals surface area contributed by atoms with Crippen molar-refractivity contribution in [2.24, 2.45) is 0 Å². The number of aryl methyl sites for hydroxylation is 1. The van der Waals surface area contributed by atoms with Crippen LogP contribution in [0.25, 0.3) is 0 Å². The van der Waals surface area contributed by atoms with Crippen LogP contribution in [0.5, 0.6) is 0 Å². The van der Waals surface area contributed by atoms with Gasteiger partial charge < -0.3 is 0 Å². The molecule has 0 saturated heterocycles. The van der Waals surface area contributed by atoms with E-state index in [-0.39, 0.29) is 5.82 Å². The van der Waals surface area contributed by atoms with E-state index >= 15 is 0 Å². The van der Waals surface area contributed by atoms with Crippen LogP contribution in [0.3, 0.4) is 0 Å². The van der Waals surface area contributed by atoms with Crippen molar-refractivity contribution in [2.45, 2.75) is 26.2 Å². The van der Waals surface area contributed by atoms with Crippen LogP contribution in [0.15, 0.2) is 18.2 Å². The van der Waals surface area contributed by atoms with Gasteiger partial charge in [0, 0.05) is 5.56 Å². The Balaban J connectivity index is 3.26. The highest BCUT2D eigenvalue weighted by molar-refractivity contribution is 5.35. The fraction of sp³-hybridized carbons (Fsp3) is 0.333. The Hall–Kier alpha value is -1.29. The van der Waals surface area contributed by atoms with E-state index in [0.717, 1.165) is 5.56 Å². The summed E-state index contributed by atoms with van der Waals surface area (Å²) in [6.45, 7) is 5.53. The monoisotopic (exact) mass is 176 g/mol. The number of halogens is 1. The zero-order valence-corrected chi connectivity index (χ0v) is 8.19. The fourth-order valence-electron chi connectivity index (χ4n) is 1.20. The fourth-order valence-corrected chi connectivity index (χ4v) is 1.20. The highest BCUT2D eigenvalue weighted by atomic mass is 19.1. The summed E-state index contributed by atoms with van der Waals surface area (Å²) in [5.41, 5.74) is 0.965. The van der Waals surface area contributed by atoms with Crippen LogP contribution < -0.4 is 0 Å². The predicted octanol–water partition coefficient (Wildman–Crippen LogP) is 3.04. The minimum Gasteiger partial charge on any atom is -0.207 e. The molecule has 0 heterocycles. The van der Waals surface area contributed by atoms with Crippen LogP contribution in [-0.4, -0.2) is 0 Å². The van der Waals surface area contributed by atoms with Crippen LogP contribution in [-0.2, 0) is 5.41 Å². The molecule has 0 aliphatic carbocycles. The summed E-state index contributed by atoms with van der Waals surface area (Å²) in [4.78, 5) is 0. The Labute approximate surface area is 78.8 Å². The van der Waals surface area contributed by atoms with Crippen molar-refractivity contribution in [1.29, 1.82) is 0 Å². The normalized spacial score (nSPS) is 11.0. The van der Waals surface area contributed by atoms with Gasteiger partial charge in [0.1, 0.15) is 5.82 Å². The van der Waals surface area contributed by atoms with Crippen molar-refractivity contribution < 1.29 is 4.39 Å². The first-order valence-corrected chi connectivity index (χ1v) is 4.22. The zero-order valence-electron chi connectivity index (χ0n) is 8.19. The highest BCUT2D eigenvalue weighted by Gasteiger charge is 2.20. The van der Waals surface area contributed by atoms with Gasteiger partial charge in [-0.15, -0.1) is 6.42 Å². The molecule has 0 fully saturated rings. The lowest BCUT2D eigenvalue weighted by Crippen LogP contribution is -2.15. The molecular weight excluding hydrogens is 163 g/mol. The first-order chi connectivity index (χ1) is 5.97. The summed E-state index contributed by atoms with van der Waals surface area (Å²) >= 11 is 0. The van der Waals surface area contributed by atoms with Gasteiger partial charge in [-0.05, 0) is 32.4 Å². The Kier molecular flexibility index (Phi) is 2.43. The molecular formula is C12H13F. The van der Waals surface area contributed by atoms with Crippen molar-refractivity contribution >= 4 is 0 Å². The van der Waals surface area contributed by atoms with Gasteiger partial charge in [-0.3, -0.25) is 0 Å². The zero-order chi connectivity index (χ0) is 10.1. The predicted molar refractivity (Wildman–Crippen MR) is 53.0 cm³/mol. The molecule has 0 atom stereocenters. The third-order valence-corrected chi connectivity index (χ3v) is 2.16. The maximum absolute atomic E-state index is 13.4. The molecule has 1 heteroatoms. The molecule has 0 aromatic heterocycles. The molecule has 0 unspecified atom stereocenters. The molecule has 0 amide bonds. The Morgan fingerprint density at radius 3 is 2.46 bits per heavy atom. The average molecular weight is 176 g/mol. The van der Waals surface area contributed by atoms with Gasteiger partial charge >= 0.3 is 0 Å². The molecule has 1 aromatic rings. The Morgan fingerprint density at radius 2 is 2.00 bits per heavy atom. The average Bonchev–Trinajstić information content (AvgIpc) is 2.03. The molecule has 0 radical (unpaired) electrons. The van der Waals surface area contributed by atoms with E-state index in [1.54, 1.807) is 6.07 Å². The third-order valence-electron chi connectivity index (χ3n) is 2.16. The second kappa shape index (κ2) is 3.22. The third kappa shape index (κ3) is 1.89. The van der Waals surface area contributed by atoms with Gasteiger partial charge in [0.05, 0.1) is 5.41 Å². The largest absolute Gasteiger partial charge is 0.207 e. The molecule has 0 aliphatic heterocycles. The number of hydrogen-bond acceptors (Lipinski definition) is 0. The summed E-state index contributed by atoms with van der Waals surface area (Å²) in [6.07, 6.45) is 5.33. The first-order valence-electron chi connectivity index (χ1n) is 4.22. The molecule has 1 rings (SSSR count). The lowest BCUT2D eigenvalue weighted by molar-refractivity contribution is 0.567. The second-order valence-electron chi connectivity index (χ2n) is 3.75. The van der Waals surface area contributed by atoms with Gasteiger partial charge in [-0.2, -0.15) is 0 Å². The molecule has 0 spiro atoms. The minimum absolute atomic E-state index is 0.219. The summed E-state index contributed by atoms with van der Waals surface area (Å²) < 4.78 is 13.4. The molecule has 0 N–H and O–H groups in total. The van der Waals surface area contributed by atoms with Crippen molar-refractivity contribution in [3.05, 3.63) is 35.1 Å². The highest BCUT2D eigenvalue weighted by Crippen LogP contribution is 2.25. The van der Waals surface area contributed by atoms with Crippen molar-refractivity contribution in [3.63, 3.8) is 0 Å².